The Labute approximate surface area is 107 Å². The smallest absolute Gasteiger partial charge is 0.191 e. The van der Waals surface area contributed by atoms with E-state index in [1.807, 2.05) is 20.8 Å². The van der Waals surface area contributed by atoms with E-state index in [-0.39, 0.29) is 4.75 Å². The van der Waals surface area contributed by atoms with Crippen LogP contribution in [-0.2, 0) is 10.8 Å². The Kier molecular flexibility index (Phi) is 5.43. The van der Waals surface area contributed by atoms with Gasteiger partial charge >= 0.3 is 0 Å². The maximum Gasteiger partial charge on any atom is 0.191 e. The molecule has 2 N–H and O–H groups in total. The first-order chi connectivity index (χ1) is 7.93. The monoisotopic (exact) mass is 259 g/mol. The molecular formula is C12H25N3OS. The summed E-state index contributed by atoms with van der Waals surface area (Å²) in [6, 6.07) is 0.598. The Morgan fingerprint density at radius 1 is 1.41 bits per heavy atom. The number of nitrogens with one attached hydrogen (secondary N) is 2. The van der Waals surface area contributed by atoms with Crippen LogP contribution in [0.4, 0.5) is 0 Å². The lowest BCUT2D eigenvalue weighted by molar-refractivity contribution is 0.648. The lowest BCUT2D eigenvalue weighted by Crippen LogP contribution is -2.39. The lowest BCUT2D eigenvalue weighted by atomic mass is 10.3. The largest absolute Gasteiger partial charge is 0.357 e. The average molecular weight is 259 g/mol. The van der Waals surface area contributed by atoms with E-state index in [9.17, 15) is 4.21 Å². The number of rotatable bonds is 5. The Morgan fingerprint density at radius 2 is 2.06 bits per heavy atom. The van der Waals surface area contributed by atoms with Gasteiger partial charge in [-0.15, -0.1) is 0 Å². The molecule has 0 aromatic heterocycles. The van der Waals surface area contributed by atoms with Crippen LogP contribution in [0.2, 0.25) is 0 Å². The van der Waals surface area contributed by atoms with Crippen LogP contribution in [-0.4, -0.2) is 39.8 Å². The fourth-order valence-corrected chi connectivity index (χ4v) is 2.16. The summed E-state index contributed by atoms with van der Waals surface area (Å²) in [5.41, 5.74) is 0. The quantitative estimate of drug-likeness (QED) is 0.577. The Bertz CT molecular complexity index is 293. The summed E-state index contributed by atoms with van der Waals surface area (Å²) < 4.78 is 11.7. The van der Waals surface area contributed by atoms with E-state index in [4.69, 9.17) is 0 Å². The summed E-state index contributed by atoms with van der Waals surface area (Å²) >= 11 is 0. The van der Waals surface area contributed by atoms with Crippen LogP contribution in [0.5, 0.6) is 0 Å². The molecule has 100 valence electrons. The first-order valence-corrected chi connectivity index (χ1v) is 7.68. The highest BCUT2D eigenvalue weighted by atomic mass is 32.2. The van der Waals surface area contributed by atoms with Gasteiger partial charge in [0.2, 0.25) is 0 Å². The Hall–Kier alpha value is -0.580. The lowest BCUT2D eigenvalue weighted by Gasteiger charge is -2.17. The van der Waals surface area contributed by atoms with Crippen molar-refractivity contribution in [2.45, 2.75) is 51.3 Å². The van der Waals surface area contributed by atoms with Gasteiger partial charge in [0.1, 0.15) is 0 Å². The molecule has 1 unspecified atom stereocenters. The van der Waals surface area contributed by atoms with Crippen LogP contribution in [0.1, 0.15) is 40.5 Å². The Balaban J connectivity index is 2.34. The zero-order valence-corrected chi connectivity index (χ0v) is 12.2. The summed E-state index contributed by atoms with van der Waals surface area (Å²) in [6.45, 7) is 9.53. The molecule has 1 fully saturated rings. The summed E-state index contributed by atoms with van der Waals surface area (Å²) in [7, 11) is -0.817. The normalized spacial score (nSPS) is 18.9. The molecule has 0 aromatic carbocycles. The summed E-state index contributed by atoms with van der Waals surface area (Å²) in [6.07, 6.45) is 2.47. The van der Waals surface area contributed by atoms with E-state index in [1.54, 1.807) is 0 Å². The third kappa shape index (κ3) is 6.05. The van der Waals surface area contributed by atoms with Crippen LogP contribution < -0.4 is 10.6 Å². The maximum atomic E-state index is 11.8. The van der Waals surface area contributed by atoms with Gasteiger partial charge in [0.25, 0.3) is 0 Å². The molecule has 1 aliphatic carbocycles. The van der Waals surface area contributed by atoms with E-state index in [1.165, 1.54) is 12.8 Å². The third-order valence-corrected chi connectivity index (χ3v) is 4.41. The van der Waals surface area contributed by atoms with Gasteiger partial charge in [0.15, 0.2) is 5.96 Å². The fourth-order valence-electron chi connectivity index (χ4n) is 1.29. The second kappa shape index (κ2) is 6.38. The van der Waals surface area contributed by atoms with Crippen molar-refractivity contribution >= 4 is 16.8 Å². The van der Waals surface area contributed by atoms with Crippen molar-refractivity contribution in [2.75, 3.05) is 18.8 Å². The molecule has 0 radical (unpaired) electrons. The summed E-state index contributed by atoms with van der Waals surface area (Å²) in [4.78, 5) is 4.45. The number of guanidine groups is 1. The summed E-state index contributed by atoms with van der Waals surface area (Å²) in [5.74, 6) is 1.49. The fraction of sp³-hybridized carbons (Fsp3) is 0.917. The molecule has 4 nitrogen and oxygen atoms in total. The minimum atomic E-state index is -0.817. The molecule has 17 heavy (non-hydrogen) atoms. The van der Waals surface area contributed by atoms with Crippen molar-refractivity contribution in [3.8, 4) is 0 Å². The molecule has 0 aromatic rings. The molecular weight excluding hydrogens is 234 g/mol. The van der Waals surface area contributed by atoms with E-state index in [2.05, 4.69) is 22.5 Å². The number of nitrogens with zero attached hydrogens (tertiary/aromatic N) is 1. The SMILES string of the molecule is CCNC(=NCCS(=O)C(C)(C)C)NC1CC1. The predicted molar refractivity (Wildman–Crippen MR) is 74.9 cm³/mol. The molecule has 1 saturated carbocycles. The van der Waals surface area contributed by atoms with Gasteiger partial charge in [0, 0.05) is 33.9 Å². The standard InChI is InChI=1S/C12H25N3OS/c1-5-13-11(15-10-6-7-10)14-8-9-17(16)12(2,3)4/h10H,5-9H2,1-4H3,(H2,13,14,15). The van der Waals surface area contributed by atoms with Crippen molar-refractivity contribution in [1.82, 2.24) is 10.6 Å². The van der Waals surface area contributed by atoms with Crippen LogP contribution in [0, 0.1) is 0 Å². The van der Waals surface area contributed by atoms with Gasteiger partial charge in [0.05, 0.1) is 6.54 Å². The highest BCUT2D eigenvalue weighted by molar-refractivity contribution is 7.86. The van der Waals surface area contributed by atoms with Crippen molar-refractivity contribution in [2.24, 2.45) is 4.99 Å². The first kappa shape index (κ1) is 14.5. The minimum absolute atomic E-state index is 0.141. The van der Waals surface area contributed by atoms with E-state index < -0.39 is 10.8 Å². The van der Waals surface area contributed by atoms with Crippen molar-refractivity contribution in [1.29, 1.82) is 0 Å². The van der Waals surface area contributed by atoms with Gasteiger partial charge in [-0.25, -0.2) is 0 Å². The van der Waals surface area contributed by atoms with Gasteiger partial charge < -0.3 is 10.6 Å². The zero-order chi connectivity index (χ0) is 12.9. The van der Waals surface area contributed by atoms with Crippen molar-refractivity contribution in [3.63, 3.8) is 0 Å². The summed E-state index contributed by atoms with van der Waals surface area (Å²) in [5, 5.41) is 6.55. The second-order valence-corrected chi connectivity index (χ2v) is 7.67. The van der Waals surface area contributed by atoms with Crippen LogP contribution in [0.15, 0.2) is 4.99 Å². The first-order valence-electron chi connectivity index (χ1n) is 6.37. The van der Waals surface area contributed by atoms with E-state index in [0.717, 1.165) is 12.5 Å². The molecule has 1 aliphatic rings. The average Bonchev–Trinajstić information content (AvgIpc) is 3.00. The topological polar surface area (TPSA) is 53.5 Å². The van der Waals surface area contributed by atoms with Crippen LogP contribution >= 0.6 is 0 Å². The predicted octanol–water partition coefficient (Wildman–Crippen LogP) is 1.25. The van der Waals surface area contributed by atoms with Crippen molar-refractivity contribution < 1.29 is 4.21 Å². The number of aliphatic imine (C=N–C) groups is 1. The highest BCUT2D eigenvalue weighted by Gasteiger charge is 2.22. The number of hydrogen-bond acceptors (Lipinski definition) is 2. The van der Waals surface area contributed by atoms with E-state index >= 15 is 0 Å². The van der Waals surface area contributed by atoms with E-state index in [0.29, 0.717) is 18.3 Å². The molecule has 0 spiro atoms. The van der Waals surface area contributed by atoms with Gasteiger partial charge in [-0.3, -0.25) is 9.20 Å². The Morgan fingerprint density at radius 3 is 2.53 bits per heavy atom. The van der Waals surface area contributed by atoms with Crippen molar-refractivity contribution in [3.05, 3.63) is 0 Å². The second-order valence-electron chi connectivity index (χ2n) is 5.34. The molecule has 5 heteroatoms. The van der Waals surface area contributed by atoms with Gasteiger partial charge in [-0.1, -0.05) is 0 Å². The molecule has 1 atom stereocenters. The molecule has 0 aliphatic heterocycles. The van der Waals surface area contributed by atoms with Gasteiger partial charge in [-0.2, -0.15) is 0 Å². The van der Waals surface area contributed by atoms with Crippen LogP contribution in [0.25, 0.3) is 0 Å². The maximum absolute atomic E-state index is 11.8. The number of hydrogen-bond donors (Lipinski definition) is 2. The highest BCUT2D eigenvalue weighted by Crippen LogP contribution is 2.18. The molecule has 0 amide bonds. The third-order valence-electron chi connectivity index (χ3n) is 2.49. The minimum Gasteiger partial charge on any atom is -0.357 e. The molecule has 1 rings (SSSR count). The molecule has 0 saturated heterocycles. The van der Waals surface area contributed by atoms with Gasteiger partial charge in [-0.05, 0) is 40.5 Å². The molecule has 0 heterocycles. The zero-order valence-electron chi connectivity index (χ0n) is 11.4. The molecule has 0 bridgehead atoms. The van der Waals surface area contributed by atoms with Crippen LogP contribution in [0.3, 0.4) is 0 Å².